The maximum atomic E-state index is 12.4. The largest absolute Gasteiger partial charge is 0.462 e. The lowest BCUT2D eigenvalue weighted by atomic mass is 10.1. The number of carbonyl (C=O) groups is 2. The quantitative estimate of drug-likeness (QED) is 0.656. The Morgan fingerprint density at radius 1 is 1.07 bits per heavy atom. The van der Waals surface area contributed by atoms with Crippen LogP contribution in [-0.4, -0.2) is 23.5 Å². The molecule has 0 fully saturated rings. The van der Waals surface area contributed by atoms with E-state index in [4.69, 9.17) is 4.74 Å². The first-order chi connectivity index (χ1) is 13.0. The van der Waals surface area contributed by atoms with E-state index in [2.05, 4.69) is 15.6 Å². The molecule has 2 N–H and O–H groups in total. The van der Waals surface area contributed by atoms with E-state index in [1.165, 1.54) is 13.1 Å². The van der Waals surface area contributed by atoms with Gasteiger partial charge >= 0.3 is 5.97 Å². The second kappa shape index (κ2) is 7.86. The summed E-state index contributed by atoms with van der Waals surface area (Å²) in [7, 11) is 0. The fourth-order valence-electron chi connectivity index (χ4n) is 2.79. The van der Waals surface area contributed by atoms with Crippen molar-refractivity contribution in [2.24, 2.45) is 0 Å². The summed E-state index contributed by atoms with van der Waals surface area (Å²) in [5.41, 5.74) is 4.36. The topological polar surface area (TPSA) is 80.3 Å². The van der Waals surface area contributed by atoms with Gasteiger partial charge < -0.3 is 15.4 Å². The summed E-state index contributed by atoms with van der Waals surface area (Å²) >= 11 is 0. The Morgan fingerprint density at radius 2 is 1.78 bits per heavy atom. The lowest BCUT2D eigenvalue weighted by Crippen LogP contribution is -2.09. The number of rotatable bonds is 5. The van der Waals surface area contributed by atoms with Crippen molar-refractivity contribution in [1.82, 2.24) is 4.98 Å². The fourth-order valence-corrected chi connectivity index (χ4v) is 2.79. The highest BCUT2D eigenvalue weighted by Gasteiger charge is 2.17. The third-order valence-electron chi connectivity index (χ3n) is 3.99. The molecule has 3 aromatic rings. The van der Waals surface area contributed by atoms with Crippen LogP contribution in [0.25, 0.3) is 10.9 Å². The van der Waals surface area contributed by atoms with Crippen molar-refractivity contribution >= 4 is 39.8 Å². The second-order valence-electron chi connectivity index (χ2n) is 6.17. The van der Waals surface area contributed by atoms with Crippen LogP contribution in [0, 0.1) is 6.92 Å². The normalized spacial score (nSPS) is 10.5. The molecule has 0 saturated carbocycles. The van der Waals surface area contributed by atoms with Gasteiger partial charge in [0, 0.05) is 29.9 Å². The molecular formula is C21H21N3O3. The number of aromatic nitrogens is 1. The Labute approximate surface area is 157 Å². The Kier molecular flexibility index (Phi) is 5.35. The number of amides is 1. The van der Waals surface area contributed by atoms with E-state index < -0.39 is 5.97 Å². The first kappa shape index (κ1) is 18.4. The van der Waals surface area contributed by atoms with Gasteiger partial charge in [0.1, 0.15) is 5.56 Å². The predicted octanol–water partition coefficient (Wildman–Crippen LogP) is 4.42. The molecule has 0 aliphatic heterocycles. The molecule has 0 bridgehead atoms. The minimum absolute atomic E-state index is 0.129. The highest BCUT2D eigenvalue weighted by Crippen LogP contribution is 2.30. The van der Waals surface area contributed by atoms with Crippen molar-refractivity contribution < 1.29 is 14.3 Å². The fraction of sp³-hybridized carbons (Fsp3) is 0.190. The third-order valence-corrected chi connectivity index (χ3v) is 3.99. The summed E-state index contributed by atoms with van der Waals surface area (Å²) in [6.45, 7) is 5.51. The lowest BCUT2D eigenvalue weighted by Gasteiger charge is -2.15. The minimum Gasteiger partial charge on any atom is -0.462 e. The number of anilines is 3. The lowest BCUT2D eigenvalue weighted by molar-refractivity contribution is -0.114. The standard InChI is InChI=1S/C21H21N3O3/c1-4-27-21(26)18-12-22-19-10-5-13(2)11-17(19)20(18)24-16-8-6-15(7-9-16)23-14(3)25/h5-12H,4H2,1-3H3,(H,22,24)(H,23,25). The zero-order chi connectivity index (χ0) is 19.4. The number of nitrogens with zero attached hydrogens (tertiary/aromatic N) is 1. The second-order valence-corrected chi connectivity index (χ2v) is 6.17. The zero-order valence-electron chi connectivity index (χ0n) is 15.5. The van der Waals surface area contributed by atoms with Crippen LogP contribution >= 0.6 is 0 Å². The van der Waals surface area contributed by atoms with Crippen LogP contribution in [0.5, 0.6) is 0 Å². The van der Waals surface area contributed by atoms with E-state index in [0.717, 1.165) is 22.2 Å². The Morgan fingerprint density at radius 3 is 2.44 bits per heavy atom. The molecular weight excluding hydrogens is 342 g/mol. The predicted molar refractivity (Wildman–Crippen MR) is 106 cm³/mol. The van der Waals surface area contributed by atoms with Gasteiger partial charge in [-0.25, -0.2) is 4.79 Å². The molecule has 0 saturated heterocycles. The molecule has 27 heavy (non-hydrogen) atoms. The molecule has 0 aliphatic rings. The summed E-state index contributed by atoms with van der Waals surface area (Å²) in [6.07, 6.45) is 1.53. The molecule has 0 radical (unpaired) electrons. The third kappa shape index (κ3) is 4.23. The molecule has 0 spiro atoms. The van der Waals surface area contributed by atoms with Gasteiger partial charge in [-0.3, -0.25) is 9.78 Å². The molecule has 3 rings (SSSR count). The molecule has 0 aliphatic carbocycles. The van der Waals surface area contributed by atoms with Gasteiger partial charge in [0.15, 0.2) is 0 Å². The summed E-state index contributed by atoms with van der Waals surface area (Å²) in [5, 5.41) is 6.88. The molecule has 138 valence electrons. The summed E-state index contributed by atoms with van der Waals surface area (Å²) in [4.78, 5) is 28.0. The minimum atomic E-state index is -0.425. The number of hydrogen-bond acceptors (Lipinski definition) is 5. The highest BCUT2D eigenvalue weighted by atomic mass is 16.5. The molecule has 0 atom stereocenters. The number of hydrogen-bond donors (Lipinski definition) is 2. The number of esters is 1. The maximum absolute atomic E-state index is 12.4. The van der Waals surface area contributed by atoms with Gasteiger partial charge in [0.25, 0.3) is 0 Å². The number of fused-ring (bicyclic) bond motifs is 1. The first-order valence-electron chi connectivity index (χ1n) is 8.69. The average molecular weight is 363 g/mol. The molecule has 6 nitrogen and oxygen atoms in total. The first-order valence-corrected chi connectivity index (χ1v) is 8.69. The number of ether oxygens (including phenoxy) is 1. The van der Waals surface area contributed by atoms with Gasteiger partial charge in [-0.05, 0) is 50.2 Å². The van der Waals surface area contributed by atoms with Crippen LogP contribution < -0.4 is 10.6 Å². The van der Waals surface area contributed by atoms with Crippen LogP contribution in [0.1, 0.15) is 29.8 Å². The number of benzene rings is 2. The van der Waals surface area contributed by atoms with Crippen LogP contribution in [0.3, 0.4) is 0 Å². The molecule has 1 aromatic heterocycles. The Hall–Kier alpha value is -3.41. The van der Waals surface area contributed by atoms with Gasteiger partial charge in [-0.15, -0.1) is 0 Å². The van der Waals surface area contributed by atoms with Crippen molar-refractivity contribution in [2.45, 2.75) is 20.8 Å². The number of aryl methyl sites for hydroxylation is 1. The average Bonchev–Trinajstić information content (AvgIpc) is 2.63. The van der Waals surface area contributed by atoms with E-state index in [9.17, 15) is 9.59 Å². The van der Waals surface area contributed by atoms with Crippen LogP contribution in [0.2, 0.25) is 0 Å². The van der Waals surface area contributed by atoms with Gasteiger partial charge in [-0.1, -0.05) is 11.6 Å². The Bertz CT molecular complexity index is 997. The molecule has 0 unspecified atom stereocenters. The zero-order valence-corrected chi connectivity index (χ0v) is 15.5. The van der Waals surface area contributed by atoms with Crippen LogP contribution in [-0.2, 0) is 9.53 Å². The van der Waals surface area contributed by atoms with Crippen LogP contribution in [0.4, 0.5) is 17.1 Å². The summed E-state index contributed by atoms with van der Waals surface area (Å²) in [5.74, 6) is -0.554. The van der Waals surface area contributed by atoms with Crippen molar-refractivity contribution in [1.29, 1.82) is 0 Å². The number of pyridine rings is 1. The van der Waals surface area contributed by atoms with Gasteiger partial charge in [0.05, 0.1) is 17.8 Å². The van der Waals surface area contributed by atoms with Gasteiger partial charge in [0.2, 0.25) is 5.91 Å². The van der Waals surface area contributed by atoms with E-state index in [-0.39, 0.29) is 12.5 Å². The van der Waals surface area contributed by atoms with E-state index >= 15 is 0 Å². The SMILES string of the molecule is CCOC(=O)c1cnc2ccc(C)cc2c1Nc1ccc(NC(C)=O)cc1. The number of nitrogens with one attached hydrogen (secondary N) is 2. The van der Waals surface area contributed by atoms with E-state index in [0.29, 0.717) is 16.9 Å². The van der Waals surface area contributed by atoms with Crippen molar-refractivity contribution in [3.05, 3.63) is 59.8 Å². The summed E-state index contributed by atoms with van der Waals surface area (Å²) in [6, 6.07) is 13.1. The van der Waals surface area contributed by atoms with Gasteiger partial charge in [-0.2, -0.15) is 0 Å². The van der Waals surface area contributed by atoms with E-state index in [1.54, 1.807) is 19.1 Å². The highest BCUT2D eigenvalue weighted by molar-refractivity contribution is 6.06. The smallest absolute Gasteiger partial charge is 0.341 e. The number of carbonyl (C=O) groups excluding carboxylic acids is 2. The maximum Gasteiger partial charge on any atom is 0.341 e. The molecule has 1 amide bonds. The van der Waals surface area contributed by atoms with Crippen molar-refractivity contribution in [2.75, 3.05) is 17.2 Å². The van der Waals surface area contributed by atoms with E-state index in [1.807, 2.05) is 37.3 Å². The monoisotopic (exact) mass is 363 g/mol. The van der Waals surface area contributed by atoms with Crippen molar-refractivity contribution in [3.8, 4) is 0 Å². The molecule has 6 heteroatoms. The molecule has 1 heterocycles. The van der Waals surface area contributed by atoms with Crippen molar-refractivity contribution in [3.63, 3.8) is 0 Å². The Balaban J connectivity index is 2.04. The molecule has 2 aromatic carbocycles. The summed E-state index contributed by atoms with van der Waals surface area (Å²) < 4.78 is 5.18. The van der Waals surface area contributed by atoms with Crippen LogP contribution in [0.15, 0.2) is 48.7 Å².